The third kappa shape index (κ3) is 5.32. The number of nitrogens with zero attached hydrogens (tertiary/aromatic N) is 1. The maximum atomic E-state index is 11.8. The first-order chi connectivity index (χ1) is 11.6. The summed E-state index contributed by atoms with van der Waals surface area (Å²) < 4.78 is 5.68. The minimum atomic E-state index is -0.0413. The van der Waals surface area contributed by atoms with Crippen molar-refractivity contribution in [1.29, 1.82) is 0 Å². The molecule has 1 amide bonds. The quantitative estimate of drug-likeness (QED) is 0.673. The molecular formula is C18H25N3O2S. The van der Waals surface area contributed by atoms with E-state index in [1.807, 2.05) is 31.2 Å². The first-order valence-corrected chi connectivity index (χ1v) is 9.16. The monoisotopic (exact) mass is 347 g/mol. The average Bonchev–Trinajstić information content (AvgIpc) is 2.94. The number of nitrogens with one attached hydrogen (secondary N) is 1. The van der Waals surface area contributed by atoms with Gasteiger partial charge in [-0.1, -0.05) is 13.3 Å². The van der Waals surface area contributed by atoms with Gasteiger partial charge in [0.1, 0.15) is 5.75 Å². The molecule has 130 valence electrons. The molecule has 1 aromatic heterocycles. The van der Waals surface area contributed by atoms with Crippen molar-refractivity contribution in [2.75, 3.05) is 18.5 Å². The Kier molecular flexibility index (Phi) is 7.21. The number of anilines is 1. The molecule has 0 aliphatic rings. The lowest BCUT2D eigenvalue weighted by Gasteiger charge is -2.06. The Hall–Kier alpha value is -1.92. The second-order valence-electron chi connectivity index (χ2n) is 5.59. The van der Waals surface area contributed by atoms with E-state index in [1.54, 1.807) is 0 Å². The normalized spacial score (nSPS) is 10.6. The van der Waals surface area contributed by atoms with Crippen LogP contribution in [0.15, 0.2) is 24.3 Å². The zero-order valence-corrected chi connectivity index (χ0v) is 15.1. The van der Waals surface area contributed by atoms with Crippen LogP contribution in [0.5, 0.6) is 5.75 Å². The molecule has 1 heterocycles. The molecule has 0 spiro atoms. The van der Waals surface area contributed by atoms with Crippen molar-refractivity contribution in [2.24, 2.45) is 5.73 Å². The van der Waals surface area contributed by atoms with Crippen molar-refractivity contribution in [3.05, 3.63) is 29.1 Å². The summed E-state index contributed by atoms with van der Waals surface area (Å²) in [6.45, 7) is 5.41. The summed E-state index contributed by atoms with van der Waals surface area (Å²) in [5.74, 6) is 0.829. The number of hydrogen-bond acceptors (Lipinski definition) is 5. The largest absolute Gasteiger partial charge is 0.494 e. The van der Waals surface area contributed by atoms with Crippen LogP contribution < -0.4 is 15.8 Å². The van der Waals surface area contributed by atoms with Crippen molar-refractivity contribution in [3.63, 3.8) is 0 Å². The van der Waals surface area contributed by atoms with E-state index in [1.165, 1.54) is 11.3 Å². The van der Waals surface area contributed by atoms with E-state index in [4.69, 9.17) is 10.5 Å². The van der Waals surface area contributed by atoms with Gasteiger partial charge in [0.2, 0.25) is 5.91 Å². The molecule has 0 fully saturated rings. The number of benzene rings is 1. The van der Waals surface area contributed by atoms with E-state index in [0.29, 0.717) is 24.5 Å². The number of nitrogens with two attached hydrogens (primary N) is 1. The smallest absolute Gasteiger partial charge is 0.226 e. The van der Waals surface area contributed by atoms with Crippen LogP contribution in [0.3, 0.4) is 0 Å². The number of rotatable bonds is 9. The fourth-order valence-corrected chi connectivity index (χ4v) is 3.06. The Morgan fingerprint density at radius 2 is 2.04 bits per heavy atom. The van der Waals surface area contributed by atoms with Gasteiger partial charge < -0.3 is 15.8 Å². The molecule has 0 unspecified atom stereocenters. The van der Waals surface area contributed by atoms with Gasteiger partial charge in [0.15, 0.2) is 5.13 Å². The minimum Gasteiger partial charge on any atom is -0.494 e. The predicted octanol–water partition coefficient (Wildman–Crippen LogP) is 3.97. The lowest BCUT2D eigenvalue weighted by molar-refractivity contribution is -0.116. The van der Waals surface area contributed by atoms with Crippen molar-refractivity contribution in [2.45, 2.75) is 39.5 Å². The highest BCUT2D eigenvalue weighted by atomic mass is 32.1. The average molecular weight is 347 g/mol. The third-order valence-corrected chi connectivity index (χ3v) is 4.43. The molecule has 2 rings (SSSR count). The summed E-state index contributed by atoms with van der Waals surface area (Å²) in [5.41, 5.74) is 7.34. The lowest BCUT2D eigenvalue weighted by Crippen LogP contribution is -2.13. The van der Waals surface area contributed by atoms with Gasteiger partial charge in [-0.2, -0.15) is 0 Å². The summed E-state index contributed by atoms with van der Waals surface area (Å²) in [7, 11) is 0. The summed E-state index contributed by atoms with van der Waals surface area (Å²) in [6.07, 6.45) is 3.28. The molecule has 5 nitrogen and oxygen atoms in total. The number of hydrogen-bond donors (Lipinski definition) is 2. The molecule has 0 bridgehead atoms. The number of amides is 1. The van der Waals surface area contributed by atoms with Gasteiger partial charge >= 0.3 is 0 Å². The molecule has 1 aromatic carbocycles. The molecule has 0 aliphatic heterocycles. The van der Waals surface area contributed by atoms with Gasteiger partial charge in [-0.3, -0.25) is 4.79 Å². The fourth-order valence-electron chi connectivity index (χ4n) is 2.21. The molecule has 6 heteroatoms. The number of aryl methyl sites for hydroxylation is 1. The highest BCUT2D eigenvalue weighted by Crippen LogP contribution is 2.31. The van der Waals surface area contributed by atoms with Crippen LogP contribution in [0.25, 0.3) is 11.3 Å². The summed E-state index contributed by atoms with van der Waals surface area (Å²) in [4.78, 5) is 17.4. The van der Waals surface area contributed by atoms with Gasteiger partial charge in [-0.05, 0) is 50.6 Å². The van der Waals surface area contributed by atoms with E-state index in [0.717, 1.165) is 41.3 Å². The molecule has 3 N–H and O–H groups in total. The zero-order valence-electron chi connectivity index (χ0n) is 14.3. The Morgan fingerprint density at radius 1 is 1.29 bits per heavy atom. The molecular weight excluding hydrogens is 322 g/mol. The van der Waals surface area contributed by atoms with E-state index in [2.05, 4.69) is 17.2 Å². The van der Waals surface area contributed by atoms with Crippen LogP contribution in [-0.4, -0.2) is 24.0 Å². The molecule has 0 aliphatic carbocycles. The van der Waals surface area contributed by atoms with Crippen molar-refractivity contribution < 1.29 is 9.53 Å². The highest BCUT2D eigenvalue weighted by molar-refractivity contribution is 7.16. The van der Waals surface area contributed by atoms with Gasteiger partial charge in [-0.15, -0.1) is 11.3 Å². The molecule has 0 saturated carbocycles. The van der Waals surface area contributed by atoms with Gasteiger partial charge in [0, 0.05) is 16.9 Å². The van der Waals surface area contributed by atoms with Crippen LogP contribution in [-0.2, 0) is 4.79 Å². The standard InChI is InChI=1S/C18H25N3O2S/c1-3-4-12-23-15-9-7-14(8-10-15)17-13(2)24-18(21-17)20-16(22)6-5-11-19/h7-10H,3-6,11-12,19H2,1-2H3,(H,20,21,22). The zero-order chi connectivity index (χ0) is 17.4. The van der Waals surface area contributed by atoms with Gasteiger partial charge in [0.25, 0.3) is 0 Å². The maximum Gasteiger partial charge on any atom is 0.226 e. The fraction of sp³-hybridized carbons (Fsp3) is 0.444. The first-order valence-electron chi connectivity index (χ1n) is 8.34. The maximum absolute atomic E-state index is 11.8. The van der Waals surface area contributed by atoms with Gasteiger partial charge in [0.05, 0.1) is 12.3 Å². The van der Waals surface area contributed by atoms with Gasteiger partial charge in [-0.25, -0.2) is 4.98 Å². The topological polar surface area (TPSA) is 77.2 Å². The van der Waals surface area contributed by atoms with E-state index >= 15 is 0 Å². The Balaban J connectivity index is 2.02. The SMILES string of the molecule is CCCCOc1ccc(-c2nc(NC(=O)CCCN)sc2C)cc1. The van der Waals surface area contributed by atoms with Crippen LogP contribution >= 0.6 is 11.3 Å². The van der Waals surface area contributed by atoms with Crippen LogP contribution in [0.4, 0.5) is 5.13 Å². The van der Waals surface area contributed by atoms with Crippen molar-refractivity contribution in [3.8, 4) is 17.0 Å². The molecule has 0 radical (unpaired) electrons. The number of carbonyl (C=O) groups is 1. The number of aromatic nitrogens is 1. The van der Waals surface area contributed by atoms with E-state index < -0.39 is 0 Å². The summed E-state index contributed by atoms with van der Waals surface area (Å²) in [6, 6.07) is 7.93. The molecule has 2 aromatic rings. The van der Waals surface area contributed by atoms with Crippen molar-refractivity contribution in [1.82, 2.24) is 4.98 Å². The minimum absolute atomic E-state index is 0.0413. The second kappa shape index (κ2) is 9.39. The molecule has 24 heavy (non-hydrogen) atoms. The predicted molar refractivity (Wildman–Crippen MR) is 99.6 cm³/mol. The van der Waals surface area contributed by atoms with Crippen LogP contribution in [0.1, 0.15) is 37.5 Å². The van der Waals surface area contributed by atoms with Crippen molar-refractivity contribution >= 4 is 22.4 Å². The summed E-state index contributed by atoms with van der Waals surface area (Å²) >= 11 is 1.49. The summed E-state index contributed by atoms with van der Waals surface area (Å²) in [5, 5.41) is 3.47. The number of ether oxygens (including phenoxy) is 1. The number of thiazole rings is 1. The number of unbranched alkanes of at least 4 members (excludes halogenated alkanes) is 1. The third-order valence-electron chi connectivity index (χ3n) is 3.55. The molecule has 0 saturated heterocycles. The lowest BCUT2D eigenvalue weighted by atomic mass is 10.1. The Labute approximate surface area is 147 Å². The Bertz CT molecular complexity index is 653. The molecule has 0 atom stereocenters. The van der Waals surface area contributed by atoms with Crippen LogP contribution in [0.2, 0.25) is 0 Å². The number of carbonyl (C=O) groups excluding carboxylic acids is 1. The first kappa shape index (κ1) is 18.4. The van der Waals surface area contributed by atoms with E-state index in [9.17, 15) is 4.79 Å². The van der Waals surface area contributed by atoms with E-state index in [-0.39, 0.29) is 5.91 Å². The van der Waals surface area contributed by atoms with Crippen LogP contribution in [0, 0.1) is 6.92 Å². The second-order valence-corrected chi connectivity index (χ2v) is 6.79. The Morgan fingerprint density at radius 3 is 2.71 bits per heavy atom. The highest BCUT2D eigenvalue weighted by Gasteiger charge is 2.12.